The average molecular weight is 302 g/mol. The maximum Gasteiger partial charge on any atom is 0.190 e. The van der Waals surface area contributed by atoms with Crippen molar-refractivity contribution in [2.45, 2.75) is 51.9 Å². The number of rotatable bonds is 7. The van der Waals surface area contributed by atoms with Gasteiger partial charge in [-0.1, -0.05) is 25.7 Å². The van der Waals surface area contributed by atoms with Crippen LogP contribution < -0.4 is 10.6 Å². The summed E-state index contributed by atoms with van der Waals surface area (Å²) < 4.78 is 0. The van der Waals surface area contributed by atoms with Crippen LogP contribution in [0.4, 0.5) is 0 Å². The van der Waals surface area contributed by atoms with Crippen molar-refractivity contribution in [2.24, 2.45) is 10.9 Å². The summed E-state index contributed by atoms with van der Waals surface area (Å²) in [5.74, 6) is 1.89. The maximum absolute atomic E-state index is 4.29. The number of hydrogen-bond acceptors (Lipinski definition) is 2. The molecule has 122 valence electrons. The molecular weight excluding hydrogens is 272 g/mol. The molecule has 22 heavy (non-hydrogen) atoms. The van der Waals surface area contributed by atoms with Gasteiger partial charge in [-0.2, -0.15) is 0 Å². The van der Waals surface area contributed by atoms with Crippen molar-refractivity contribution in [2.75, 3.05) is 20.1 Å². The summed E-state index contributed by atoms with van der Waals surface area (Å²) in [6.07, 6.45) is 13.2. The van der Waals surface area contributed by atoms with Crippen molar-refractivity contribution < 1.29 is 0 Å². The highest BCUT2D eigenvalue weighted by Gasteiger charge is 2.13. The molecule has 1 aromatic heterocycles. The van der Waals surface area contributed by atoms with Gasteiger partial charge in [-0.25, -0.2) is 0 Å². The molecule has 0 spiro atoms. The third-order valence-corrected chi connectivity index (χ3v) is 4.60. The summed E-state index contributed by atoms with van der Waals surface area (Å²) in [4.78, 5) is 8.42. The Kier molecular flexibility index (Phi) is 7.20. The van der Waals surface area contributed by atoms with Crippen LogP contribution in [0, 0.1) is 12.8 Å². The van der Waals surface area contributed by atoms with E-state index >= 15 is 0 Å². The second-order valence-electron chi connectivity index (χ2n) is 6.27. The molecule has 0 bridgehead atoms. The van der Waals surface area contributed by atoms with Crippen LogP contribution in [0.2, 0.25) is 0 Å². The Morgan fingerprint density at radius 2 is 2.05 bits per heavy atom. The zero-order valence-corrected chi connectivity index (χ0v) is 14.1. The number of guanidine groups is 1. The van der Waals surface area contributed by atoms with Gasteiger partial charge >= 0.3 is 0 Å². The molecule has 1 saturated carbocycles. The first-order valence-electron chi connectivity index (χ1n) is 8.63. The Balaban J connectivity index is 1.59. The Hall–Kier alpha value is -1.58. The molecule has 2 rings (SSSR count). The first-order chi connectivity index (χ1) is 10.8. The summed E-state index contributed by atoms with van der Waals surface area (Å²) >= 11 is 0. The molecule has 0 saturated heterocycles. The van der Waals surface area contributed by atoms with Crippen molar-refractivity contribution in [3.63, 3.8) is 0 Å². The van der Waals surface area contributed by atoms with Gasteiger partial charge in [-0.05, 0) is 49.3 Å². The zero-order valence-electron chi connectivity index (χ0n) is 14.1. The minimum atomic E-state index is 0.896. The number of hydrogen-bond donors (Lipinski definition) is 2. The molecule has 2 N–H and O–H groups in total. The van der Waals surface area contributed by atoms with Crippen molar-refractivity contribution >= 4 is 5.96 Å². The van der Waals surface area contributed by atoms with Crippen molar-refractivity contribution in [3.05, 3.63) is 29.6 Å². The summed E-state index contributed by atoms with van der Waals surface area (Å²) in [6.45, 7) is 4.02. The molecule has 0 unspecified atom stereocenters. The van der Waals surface area contributed by atoms with Gasteiger partial charge in [0.15, 0.2) is 5.96 Å². The predicted octanol–water partition coefficient (Wildman–Crippen LogP) is 3.07. The van der Waals surface area contributed by atoms with Gasteiger partial charge in [0.1, 0.15) is 0 Å². The molecule has 1 aliphatic carbocycles. The molecule has 0 aromatic carbocycles. The molecule has 0 amide bonds. The number of pyridine rings is 1. The van der Waals surface area contributed by atoms with Gasteiger partial charge in [-0.3, -0.25) is 9.98 Å². The van der Waals surface area contributed by atoms with Gasteiger partial charge in [0.2, 0.25) is 0 Å². The normalized spacial score (nSPS) is 16.0. The van der Waals surface area contributed by atoms with E-state index in [0.29, 0.717) is 0 Å². The molecule has 4 nitrogen and oxygen atoms in total. The molecule has 4 heteroatoms. The molecular formula is C18H30N4. The lowest BCUT2D eigenvalue weighted by molar-refractivity contribution is 0.481. The number of nitrogens with zero attached hydrogens (tertiary/aromatic N) is 2. The average Bonchev–Trinajstić information content (AvgIpc) is 3.05. The van der Waals surface area contributed by atoms with Crippen molar-refractivity contribution in [1.82, 2.24) is 15.6 Å². The molecule has 0 radical (unpaired) electrons. The Morgan fingerprint density at radius 3 is 2.77 bits per heavy atom. The summed E-state index contributed by atoms with van der Waals surface area (Å²) in [5, 5.41) is 6.81. The van der Waals surface area contributed by atoms with E-state index in [4.69, 9.17) is 0 Å². The fourth-order valence-corrected chi connectivity index (χ4v) is 3.22. The minimum absolute atomic E-state index is 0.896. The Labute approximate surface area is 134 Å². The highest BCUT2D eigenvalue weighted by molar-refractivity contribution is 5.79. The van der Waals surface area contributed by atoms with Crippen molar-refractivity contribution in [3.8, 4) is 0 Å². The fourth-order valence-electron chi connectivity index (χ4n) is 3.22. The zero-order chi connectivity index (χ0) is 15.6. The fraction of sp³-hybridized carbons (Fsp3) is 0.667. The highest BCUT2D eigenvalue weighted by atomic mass is 15.2. The molecule has 0 aliphatic heterocycles. The number of aryl methyl sites for hydroxylation is 1. The smallest absolute Gasteiger partial charge is 0.190 e. The monoisotopic (exact) mass is 302 g/mol. The Bertz CT molecular complexity index is 464. The van der Waals surface area contributed by atoms with Crippen LogP contribution in [0.5, 0.6) is 0 Å². The number of aromatic nitrogens is 1. The predicted molar refractivity (Wildman–Crippen MR) is 93.2 cm³/mol. The Morgan fingerprint density at radius 1 is 1.27 bits per heavy atom. The third kappa shape index (κ3) is 5.66. The van der Waals surface area contributed by atoms with Crippen LogP contribution in [0.3, 0.4) is 0 Å². The second-order valence-corrected chi connectivity index (χ2v) is 6.27. The van der Waals surface area contributed by atoms with E-state index in [1.54, 1.807) is 0 Å². The first-order valence-corrected chi connectivity index (χ1v) is 8.63. The highest BCUT2D eigenvalue weighted by Crippen LogP contribution is 2.28. The lowest BCUT2D eigenvalue weighted by Crippen LogP contribution is -2.38. The maximum atomic E-state index is 4.29. The van der Waals surface area contributed by atoms with Crippen LogP contribution in [0.25, 0.3) is 0 Å². The lowest BCUT2D eigenvalue weighted by atomic mass is 10.0. The SMILES string of the molecule is CN=C(NCCCC1CCCC1)NCCc1ccncc1C. The van der Waals surface area contributed by atoms with Crippen LogP contribution in [-0.2, 0) is 6.42 Å². The topological polar surface area (TPSA) is 49.3 Å². The van der Waals surface area contributed by atoms with Crippen LogP contribution in [0.15, 0.2) is 23.5 Å². The van der Waals surface area contributed by atoms with E-state index < -0.39 is 0 Å². The number of nitrogens with one attached hydrogen (secondary N) is 2. The number of aliphatic imine (C=N–C) groups is 1. The second kappa shape index (κ2) is 9.44. The summed E-state index contributed by atoms with van der Waals surface area (Å²) in [6, 6.07) is 2.09. The van der Waals surface area contributed by atoms with E-state index in [-0.39, 0.29) is 0 Å². The van der Waals surface area contributed by atoms with Gasteiger partial charge in [0, 0.05) is 32.5 Å². The van der Waals surface area contributed by atoms with E-state index in [9.17, 15) is 0 Å². The van der Waals surface area contributed by atoms with Crippen LogP contribution in [-0.4, -0.2) is 31.1 Å². The standard InChI is InChI=1S/C18H30N4/c1-15-14-20-12-9-17(15)10-13-22-18(19-2)21-11-5-8-16-6-3-4-7-16/h9,12,14,16H,3-8,10-11,13H2,1-2H3,(H2,19,21,22). The van der Waals surface area contributed by atoms with E-state index in [1.165, 1.54) is 49.7 Å². The first kappa shape index (κ1) is 16.8. The van der Waals surface area contributed by atoms with Crippen molar-refractivity contribution in [1.29, 1.82) is 0 Å². The van der Waals surface area contributed by atoms with Gasteiger partial charge < -0.3 is 10.6 Å². The quantitative estimate of drug-likeness (QED) is 0.462. The largest absolute Gasteiger partial charge is 0.356 e. The minimum Gasteiger partial charge on any atom is -0.356 e. The summed E-state index contributed by atoms with van der Waals surface area (Å²) in [5.41, 5.74) is 2.60. The molecule has 1 aromatic rings. The van der Waals surface area contributed by atoms with E-state index in [1.807, 2.05) is 19.4 Å². The van der Waals surface area contributed by atoms with Crippen LogP contribution >= 0.6 is 0 Å². The summed E-state index contributed by atoms with van der Waals surface area (Å²) in [7, 11) is 1.84. The molecule has 1 heterocycles. The lowest BCUT2D eigenvalue weighted by Gasteiger charge is -2.13. The third-order valence-electron chi connectivity index (χ3n) is 4.60. The van der Waals surface area contributed by atoms with Gasteiger partial charge in [-0.15, -0.1) is 0 Å². The van der Waals surface area contributed by atoms with E-state index in [2.05, 4.69) is 33.6 Å². The molecule has 1 fully saturated rings. The molecule has 1 aliphatic rings. The van der Waals surface area contributed by atoms with Gasteiger partial charge in [0.25, 0.3) is 0 Å². The molecule has 0 atom stereocenters. The van der Waals surface area contributed by atoms with Crippen LogP contribution in [0.1, 0.15) is 49.7 Å². The van der Waals surface area contributed by atoms with E-state index in [0.717, 1.165) is 31.4 Å². The van der Waals surface area contributed by atoms with Gasteiger partial charge in [0.05, 0.1) is 0 Å².